The third-order valence-corrected chi connectivity index (χ3v) is 4.68. The minimum atomic E-state index is -4.40. The van der Waals surface area contributed by atoms with Crippen molar-refractivity contribution in [2.24, 2.45) is 0 Å². The van der Waals surface area contributed by atoms with Crippen LogP contribution < -0.4 is 5.32 Å². The number of alkyl halides is 3. The zero-order valence-electron chi connectivity index (χ0n) is 15.9. The van der Waals surface area contributed by atoms with Crippen LogP contribution in [0.15, 0.2) is 24.3 Å². The number of nitrogens with zero attached hydrogens (tertiary/aromatic N) is 1. The van der Waals surface area contributed by atoms with Crippen molar-refractivity contribution in [1.82, 2.24) is 4.90 Å². The molecule has 1 rings (SSSR count). The number of rotatable bonds is 11. The Morgan fingerprint density at radius 2 is 1.46 bits per heavy atom. The molecule has 0 bridgehead atoms. The van der Waals surface area contributed by atoms with Crippen LogP contribution in [0.2, 0.25) is 0 Å². The molecule has 6 heteroatoms. The number of unbranched alkanes of at least 4 members (excludes halogenated alkanes) is 6. The van der Waals surface area contributed by atoms with E-state index in [1.54, 1.807) is 6.07 Å². The first kappa shape index (κ1) is 22.7. The SMILES string of the molecule is CCCCCCN(CCCCCC)C(=S)Nc1ccccc1C(F)(F)F. The highest BCUT2D eigenvalue weighted by Gasteiger charge is 2.33. The second kappa shape index (κ2) is 12.2. The van der Waals surface area contributed by atoms with Crippen molar-refractivity contribution in [3.8, 4) is 0 Å². The Kier molecular flexibility index (Phi) is 10.6. The molecule has 0 aromatic heterocycles. The van der Waals surface area contributed by atoms with E-state index in [0.717, 1.165) is 57.7 Å². The maximum Gasteiger partial charge on any atom is 0.418 e. The van der Waals surface area contributed by atoms with Gasteiger partial charge in [0.05, 0.1) is 11.3 Å². The smallest absolute Gasteiger partial charge is 0.349 e. The molecular formula is C20H31F3N2S. The molecule has 0 aliphatic heterocycles. The minimum absolute atomic E-state index is 0.0251. The van der Waals surface area contributed by atoms with Crippen LogP contribution in [-0.2, 0) is 6.18 Å². The van der Waals surface area contributed by atoms with E-state index in [2.05, 4.69) is 19.2 Å². The lowest BCUT2D eigenvalue weighted by molar-refractivity contribution is -0.136. The monoisotopic (exact) mass is 388 g/mol. The van der Waals surface area contributed by atoms with Gasteiger partial charge in [0.2, 0.25) is 0 Å². The number of para-hydroxylation sites is 1. The topological polar surface area (TPSA) is 15.3 Å². The Morgan fingerprint density at radius 3 is 1.96 bits per heavy atom. The lowest BCUT2D eigenvalue weighted by atomic mass is 10.1. The molecule has 0 atom stereocenters. The number of thiocarbonyl (C=S) groups is 1. The predicted octanol–water partition coefficient (Wildman–Crippen LogP) is 6.86. The lowest BCUT2D eigenvalue weighted by Crippen LogP contribution is -2.36. The summed E-state index contributed by atoms with van der Waals surface area (Å²) in [7, 11) is 0. The molecule has 0 fully saturated rings. The van der Waals surface area contributed by atoms with Crippen molar-refractivity contribution in [2.45, 2.75) is 71.4 Å². The molecule has 2 nitrogen and oxygen atoms in total. The summed E-state index contributed by atoms with van der Waals surface area (Å²) < 4.78 is 39.5. The quantitative estimate of drug-likeness (QED) is 0.329. The molecule has 0 radical (unpaired) electrons. The zero-order valence-corrected chi connectivity index (χ0v) is 16.7. The zero-order chi connectivity index (χ0) is 19.4. The van der Waals surface area contributed by atoms with Gasteiger partial charge in [-0.15, -0.1) is 0 Å². The molecule has 1 N–H and O–H groups in total. The van der Waals surface area contributed by atoms with Crippen LogP contribution in [0.25, 0.3) is 0 Å². The second-order valence-corrected chi connectivity index (χ2v) is 6.97. The van der Waals surface area contributed by atoms with Crippen LogP contribution in [-0.4, -0.2) is 23.1 Å². The van der Waals surface area contributed by atoms with Gasteiger partial charge in [0.15, 0.2) is 5.11 Å². The molecule has 148 valence electrons. The van der Waals surface area contributed by atoms with Crippen molar-refractivity contribution < 1.29 is 13.2 Å². The van der Waals surface area contributed by atoms with E-state index in [0.29, 0.717) is 5.11 Å². The summed E-state index contributed by atoms with van der Waals surface area (Å²) in [5.41, 5.74) is -0.656. The fourth-order valence-corrected chi connectivity index (χ4v) is 3.10. The van der Waals surface area contributed by atoms with Crippen molar-refractivity contribution in [2.75, 3.05) is 18.4 Å². The first-order valence-electron chi connectivity index (χ1n) is 9.62. The van der Waals surface area contributed by atoms with Gasteiger partial charge in [-0.2, -0.15) is 13.2 Å². The normalized spacial score (nSPS) is 11.4. The summed E-state index contributed by atoms with van der Waals surface area (Å²) in [5, 5.41) is 3.22. The largest absolute Gasteiger partial charge is 0.418 e. The average Bonchev–Trinajstić information content (AvgIpc) is 2.59. The second-order valence-electron chi connectivity index (χ2n) is 6.58. The van der Waals surface area contributed by atoms with Crippen LogP contribution >= 0.6 is 12.2 Å². The van der Waals surface area contributed by atoms with E-state index in [4.69, 9.17) is 12.2 Å². The predicted molar refractivity (Wildman–Crippen MR) is 108 cm³/mol. The van der Waals surface area contributed by atoms with Gasteiger partial charge in [0.25, 0.3) is 0 Å². The number of halogens is 3. The molecule has 26 heavy (non-hydrogen) atoms. The number of hydrogen-bond acceptors (Lipinski definition) is 1. The highest BCUT2D eigenvalue weighted by molar-refractivity contribution is 7.80. The summed E-state index contributed by atoms with van der Waals surface area (Å²) in [4.78, 5) is 2.02. The number of nitrogens with one attached hydrogen (secondary N) is 1. The van der Waals surface area contributed by atoms with Crippen LogP contribution in [0.4, 0.5) is 18.9 Å². The van der Waals surface area contributed by atoms with Crippen LogP contribution in [0.1, 0.15) is 70.8 Å². The molecule has 0 aliphatic carbocycles. The summed E-state index contributed by atoms with van der Waals surface area (Å²) in [5.74, 6) is 0. The van der Waals surface area contributed by atoms with Crippen molar-refractivity contribution in [3.05, 3.63) is 29.8 Å². The summed E-state index contributed by atoms with van der Waals surface area (Å²) in [6.45, 7) is 5.88. The number of hydrogen-bond donors (Lipinski definition) is 1. The third-order valence-electron chi connectivity index (χ3n) is 4.32. The van der Waals surface area contributed by atoms with Gasteiger partial charge >= 0.3 is 6.18 Å². The maximum atomic E-state index is 13.2. The Balaban J connectivity index is 2.74. The van der Waals surface area contributed by atoms with Gasteiger partial charge in [0, 0.05) is 13.1 Å². The van der Waals surface area contributed by atoms with Gasteiger partial charge in [-0.3, -0.25) is 0 Å². The van der Waals surface area contributed by atoms with E-state index in [1.165, 1.54) is 25.0 Å². The molecule has 0 aliphatic rings. The lowest BCUT2D eigenvalue weighted by Gasteiger charge is -2.27. The first-order valence-corrected chi connectivity index (χ1v) is 10.0. The first-order chi connectivity index (χ1) is 12.4. The van der Waals surface area contributed by atoms with E-state index < -0.39 is 11.7 Å². The van der Waals surface area contributed by atoms with Crippen molar-refractivity contribution in [1.29, 1.82) is 0 Å². The highest BCUT2D eigenvalue weighted by Crippen LogP contribution is 2.34. The Morgan fingerprint density at radius 1 is 0.923 bits per heavy atom. The Labute approximate surface area is 161 Å². The van der Waals surface area contributed by atoms with Crippen LogP contribution in [0.5, 0.6) is 0 Å². The van der Waals surface area contributed by atoms with Gasteiger partial charge in [-0.25, -0.2) is 0 Å². The molecular weight excluding hydrogens is 357 g/mol. The molecule has 0 amide bonds. The molecule has 1 aromatic rings. The minimum Gasteiger partial charge on any atom is -0.349 e. The van der Waals surface area contributed by atoms with Crippen LogP contribution in [0, 0.1) is 0 Å². The standard InChI is InChI=1S/C20H31F3N2S/c1-3-5-7-11-15-25(16-12-8-6-4-2)19(26)24-18-14-10-9-13-17(18)20(21,22)23/h9-10,13-14H,3-8,11-12,15-16H2,1-2H3,(H,24,26). The molecule has 0 saturated carbocycles. The van der Waals surface area contributed by atoms with Gasteiger partial charge in [-0.1, -0.05) is 64.5 Å². The van der Waals surface area contributed by atoms with Gasteiger partial charge < -0.3 is 10.2 Å². The molecule has 0 unspecified atom stereocenters. The van der Waals surface area contributed by atoms with Gasteiger partial charge in [-0.05, 0) is 37.2 Å². The number of anilines is 1. The fourth-order valence-electron chi connectivity index (χ4n) is 2.81. The van der Waals surface area contributed by atoms with E-state index >= 15 is 0 Å². The van der Waals surface area contributed by atoms with E-state index in [-0.39, 0.29) is 5.69 Å². The van der Waals surface area contributed by atoms with Gasteiger partial charge in [0.1, 0.15) is 0 Å². The summed E-state index contributed by atoms with van der Waals surface area (Å²) >= 11 is 5.44. The summed E-state index contributed by atoms with van der Waals surface area (Å²) in [6, 6.07) is 5.50. The highest BCUT2D eigenvalue weighted by atomic mass is 32.1. The number of benzene rings is 1. The molecule has 0 heterocycles. The summed E-state index contributed by atoms with van der Waals surface area (Å²) in [6.07, 6.45) is 4.48. The van der Waals surface area contributed by atoms with Crippen LogP contribution in [0.3, 0.4) is 0 Å². The molecule has 0 spiro atoms. The average molecular weight is 389 g/mol. The molecule has 1 aromatic carbocycles. The maximum absolute atomic E-state index is 13.2. The van der Waals surface area contributed by atoms with E-state index in [1.807, 2.05) is 4.90 Å². The Bertz CT molecular complexity index is 520. The fraction of sp³-hybridized carbons (Fsp3) is 0.650. The van der Waals surface area contributed by atoms with Crippen molar-refractivity contribution >= 4 is 23.0 Å². The molecule has 0 saturated heterocycles. The Hall–Kier alpha value is -1.30. The third kappa shape index (κ3) is 8.39. The van der Waals surface area contributed by atoms with E-state index in [9.17, 15) is 13.2 Å². The van der Waals surface area contributed by atoms with Crippen molar-refractivity contribution in [3.63, 3.8) is 0 Å².